The van der Waals surface area contributed by atoms with E-state index in [-0.39, 0.29) is 6.10 Å². The molecular formula is C12H17NO. The SMILES string of the molecule is Cc1ccc([C@H]2CN[C@H](C)CO2)cc1. The molecule has 2 rings (SSSR count). The van der Waals surface area contributed by atoms with Gasteiger partial charge in [0.1, 0.15) is 0 Å². The highest BCUT2D eigenvalue weighted by molar-refractivity contribution is 5.23. The van der Waals surface area contributed by atoms with Crippen molar-refractivity contribution < 1.29 is 4.74 Å². The fraction of sp³-hybridized carbons (Fsp3) is 0.500. The van der Waals surface area contributed by atoms with Crippen LogP contribution in [-0.4, -0.2) is 19.2 Å². The maximum Gasteiger partial charge on any atom is 0.0950 e. The Morgan fingerprint density at radius 1 is 1.29 bits per heavy atom. The second-order valence-corrected chi connectivity index (χ2v) is 4.04. The number of morpholine rings is 1. The molecular weight excluding hydrogens is 174 g/mol. The van der Waals surface area contributed by atoms with Crippen LogP contribution in [0.15, 0.2) is 24.3 Å². The number of ether oxygens (including phenoxy) is 1. The van der Waals surface area contributed by atoms with Crippen molar-refractivity contribution in [3.63, 3.8) is 0 Å². The molecule has 1 aromatic rings. The Labute approximate surface area is 85.3 Å². The molecule has 1 N–H and O–H groups in total. The summed E-state index contributed by atoms with van der Waals surface area (Å²) in [4.78, 5) is 0. The van der Waals surface area contributed by atoms with E-state index in [2.05, 4.69) is 43.4 Å². The third-order valence-corrected chi connectivity index (χ3v) is 2.65. The molecule has 0 amide bonds. The van der Waals surface area contributed by atoms with E-state index < -0.39 is 0 Å². The smallest absolute Gasteiger partial charge is 0.0950 e. The van der Waals surface area contributed by atoms with Crippen LogP contribution in [0, 0.1) is 6.92 Å². The fourth-order valence-corrected chi connectivity index (χ4v) is 1.68. The van der Waals surface area contributed by atoms with Gasteiger partial charge in [-0.1, -0.05) is 29.8 Å². The second kappa shape index (κ2) is 4.11. The van der Waals surface area contributed by atoms with Gasteiger partial charge in [0, 0.05) is 12.6 Å². The first kappa shape index (κ1) is 9.69. The van der Waals surface area contributed by atoms with Crippen LogP contribution in [0.1, 0.15) is 24.2 Å². The van der Waals surface area contributed by atoms with E-state index in [0.29, 0.717) is 6.04 Å². The van der Waals surface area contributed by atoms with Gasteiger partial charge in [-0.15, -0.1) is 0 Å². The van der Waals surface area contributed by atoms with Crippen molar-refractivity contribution in [3.8, 4) is 0 Å². The summed E-state index contributed by atoms with van der Waals surface area (Å²) in [7, 11) is 0. The number of rotatable bonds is 1. The van der Waals surface area contributed by atoms with Crippen molar-refractivity contribution in [1.82, 2.24) is 5.32 Å². The van der Waals surface area contributed by atoms with Crippen LogP contribution >= 0.6 is 0 Å². The largest absolute Gasteiger partial charge is 0.371 e. The van der Waals surface area contributed by atoms with Crippen molar-refractivity contribution >= 4 is 0 Å². The van der Waals surface area contributed by atoms with E-state index >= 15 is 0 Å². The molecule has 0 saturated carbocycles. The molecule has 0 bridgehead atoms. The molecule has 1 saturated heterocycles. The van der Waals surface area contributed by atoms with Gasteiger partial charge in [-0.25, -0.2) is 0 Å². The van der Waals surface area contributed by atoms with Crippen molar-refractivity contribution in [1.29, 1.82) is 0 Å². The maximum atomic E-state index is 5.75. The molecule has 14 heavy (non-hydrogen) atoms. The summed E-state index contributed by atoms with van der Waals surface area (Å²) in [5.41, 5.74) is 2.57. The van der Waals surface area contributed by atoms with Gasteiger partial charge in [-0.2, -0.15) is 0 Å². The quantitative estimate of drug-likeness (QED) is 0.733. The second-order valence-electron chi connectivity index (χ2n) is 4.04. The van der Waals surface area contributed by atoms with E-state index in [4.69, 9.17) is 4.74 Å². The summed E-state index contributed by atoms with van der Waals surface area (Å²) in [5, 5.41) is 3.42. The average molecular weight is 191 g/mol. The predicted molar refractivity (Wildman–Crippen MR) is 57.3 cm³/mol. The third-order valence-electron chi connectivity index (χ3n) is 2.65. The zero-order chi connectivity index (χ0) is 9.97. The van der Waals surface area contributed by atoms with Gasteiger partial charge < -0.3 is 10.1 Å². The molecule has 1 aliphatic heterocycles. The molecule has 1 fully saturated rings. The van der Waals surface area contributed by atoms with Crippen LogP contribution in [0.4, 0.5) is 0 Å². The van der Waals surface area contributed by atoms with Gasteiger partial charge in [0.25, 0.3) is 0 Å². The Kier molecular flexibility index (Phi) is 2.85. The number of nitrogens with one attached hydrogen (secondary N) is 1. The minimum atomic E-state index is 0.229. The van der Waals surface area contributed by atoms with Gasteiger partial charge in [-0.05, 0) is 19.4 Å². The Bertz CT molecular complexity index is 286. The first-order chi connectivity index (χ1) is 6.75. The van der Waals surface area contributed by atoms with Crippen molar-refractivity contribution in [2.24, 2.45) is 0 Å². The molecule has 2 atom stereocenters. The monoisotopic (exact) mass is 191 g/mol. The summed E-state index contributed by atoms with van der Waals surface area (Å²) in [6, 6.07) is 9.06. The molecule has 0 radical (unpaired) electrons. The number of hydrogen-bond donors (Lipinski definition) is 1. The Morgan fingerprint density at radius 2 is 2.00 bits per heavy atom. The van der Waals surface area contributed by atoms with Crippen LogP contribution in [-0.2, 0) is 4.74 Å². The zero-order valence-corrected chi connectivity index (χ0v) is 8.79. The van der Waals surface area contributed by atoms with Gasteiger partial charge in [0.2, 0.25) is 0 Å². The van der Waals surface area contributed by atoms with E-state index in [0.717, 1.165) is 13.2 Å². The molecule has 2 nitrogen and oxygen atoms in total. The van der Waals surface area contributed by atoms with Gasteiger partial charge in [0.15, 0.2) is 0 Å². The minimum absolute atomic E-state index is 0.229. The molecule has 0 aliphatic carbocycles. The van der Waals surface area contributed by atoms with Gasteiger partial charge >= 0.3 is 0 Å². The summed E-state index contributed by atoms with van der Waals surface area (Å²) in [6.07, 6.45) is 0.229. The Hall–Kier alpha value is -0.860. The first-order valence-electron chi connectivity index (χ1n) is 5.17. The predicted octanol–water partition coefficient (Wildman–Crippen LogP) is 2.04. The number of aryl methyl sites for hydroxylation is 1. The van der Waals surface area contributed by atoms with Gasteiger partial charge in [-0.3, -0.25) is 0 Å². The van der Waals surface area contributed by atoms with Crippen LogP contribution in [0.3, 0.4) is 0 Å². The standard InChI is InChI=1S/C12H17NO/c1-9-3-5-11(6-4-9)12-7-13-10(2)8-14-12/h3-6,10,12-13H,7-8H2,1-2H3/t10-,12-/m1/s1. The number of benzene rings is 1. The van der Waals surface area contributed by atoms with E-state index in [9.17, 15) is 0 Å². The zero-order valence-electron chi connectivity index (χ0n) is 8.79. The molecule has 1 heterocycles. The highest BCUT2D eigenvalue weighted by atomic mass is 16.5. The fourth-order valence-electron chi connectivity index (χ4n) is 1.68. The molecule has 0 spiro atoms. The molecule has 0 unspecified atom stereocenters. The molecule has 1 aliphatic rings. The van der Waals surface area contributed by atoms with Crippen LogP contribution in [0.5, 0.6) is 0 Å². The summed E-state index contributed by atoms with van der Waals surface area (Å²) in [6.45, 7) is 5.97. The Morgan fingerprint density at radius 3 is 2.57 bits per heavy atom. The van der Waals surface area contributed by atoms with E-state index in [1.165, 1.54) is 11.1 Å². The third kappa shape index (κ3) is 2.14. The van der Waals surface area contributed by atoms with Crippen molar-refractivity contribution in [2.45, 2.75) is 26.0 Å². The topological polar surface area (TPSA) is 21.3 Å². The summed E-state index contributed by atoms with van der Waals surface area (Å²) in [5.74, 6) is 0. The first-order valence-corrected chi connectivity index (χ1v) is 5.17. The lowest BCUT2D eigenvalue weighted by Crippen LogP contribution is -2.40. The van der Waals surface area contributed by atoms with Crippen LogP contribution < -0.4 is 5.32 Å². The lowest BCUT2D eigenvalue weighted by Gasteiger charge is -2.28. The Balaban J connectivity index is 2.05. The lowest BCUT2D eigenvalue weighted by molar-refractivity contribution is 0.00695. The maximum absolute atomic E-state index is 5.75. The summed E-state index contributed by atoms with van der Waals surface area (Å²) >= 11 is 0. The van der Waals surface area contributed by atoms with Gasteiger partial charge in [0.05, 0.1) is 12.7 Å². The molecule has 1 aromatic carbocycles. The molecule has 76 valence electrons. The minimum Gasteiger partial charge on any atom is -0.371 e. The summed E-state index contributed by atoms with van der Waals surface area (Å²) < 4.78 is 5.75. The van der Waals surface area contributed by atoms with Crippen LogP contribution in [0.2, 0.25) is 0 Å². The highest BCUT2D eigenvalue weighted by Gasteiger charge is 2.18. The average Bonchev–Trinajstić information content (AvgIpc) is 2.21. The highest BCUT2D eigenvalue weighted by Crippen LogP contribution is 2.20. The lowest BCUT2D eigenvalue weighted by atomic mass is 10.1. The van der Waals surface area contributed by atoms with Crippen LogP contribution in [0.25, 0.3) is 0 Å². The molecule has 0 aromatic heterocycles. The van der Waals surface area contributed by atoms with Crippen molar-refractivity contribution in [2.75, 3.05) is 13.2 Å². The van der Waals surface area contributed by atoms with Crippen molar-refractivity contribution in [3.05, 3.63) is 35.4 Å². The normalized spacial score (nSPS) is 27.6. The van der Waals surface area contributed by atoms with E-state index in [1.807, 2.05) is 0 Å². The molecule has 2 heteroatoms. The number of hydrogen-bond acceptors (Lipinski definition) is 2. The van der Waals surface area contributed by atoms with E-state index in [1.54, 1.807) is 0 Å².